The molecule has 9 heteroatoms. The smallest absolute Gasteiger partial charge is 0.247 e. The first-order valence-corrected chi connectivity index (χ1v) is 11.7. The van der Waals surface area contributed by atoms with Crippen LogP contribution in [-0.4, -0.2) is 50.7 Å². The molecule has 1 aromatic carbocycles. The van der Waals surface area contributed by atoms with Crippen molar-refractivity contribution in [1.29, 1.82) is 0 Å². The molecular formula is C23H24ClN5O2S. The van der Waals surface area contributed by atoms with Gasteiger partial charge < -0.3 is 15.5 Å². The average molecular weight is 470 g/mol. The molecule has 1 atom stereocenters. The number of benzene rings is 1. The van der Waals surface area contributed by atoms with Crippen LogP contribution < -0.4 is 5.73 Å². The molecule has 3 aromatic rings. The highest BCUT2D eigenvalue weighted by Crippen LogP contribution is 2.23. The number of piperazine rings is 1. The SMILES string of the molecule is CCC[C@H]1C(=O)N(Cc2ccc3c(N)ncnc3c2)CCN1C(=O)C=Cc1cc(Cl)cs1. The lowest BCUT2D eigenvalue weighted by Gasteiger charge is -2.40. The molecule has 2 amide bonds. The number of hydrogen-bond donors (Lipinski definition) is 1. The topological polar surface area (TPSA) is 92.4 Å². The van der Waals surface area contributed by atoms with Gasteiger partial charge in [-0.3, -0.25) is 9.59 Å². The highest BCUT2D eigenvalue weighted by molar-refractivity contribution is 7.11. The molecule has 0 aliphatic carbocycles. The quantitative estimate of drug-likeness (QED) is 0.551. The van der Waals surface area contributed by atoms with Gasteiger partial charge >= 0.3 is 0 Å². The second-order valence-corrected chi connectivity index (χ2v) is 9.09. The maximum Gasteiger partial charge on any atom is 0.247 e. The summed E-state index contributed by atoms with van der Waals surface area (Å²) in [7, 11) is 0. The van der Waals surface area contributed by atoms with Gasteiger partial charge in [0.05, 0.1) is 10.5 Å². The van der Waals surface area contributed by atoms with Crippen LogP contribution >= 0.6 is 22.9 Å². The van der Waals surface area contributed by atoms with Gasteiger partial charge in [-0.1, -0.05) is 31.0 Å². The van der Waals surface area contributed by atoms with Crippen molar-refractivity contribution in [3.8, 4) is 0 Å². The van der Waals surface area contributed by atoms with Gasteiger partial charge in [-0.05, 0) is 36.3 Å². The van der Waals surface area contributed by atoms with Gasteiger partial charge in [0.15, 0.2) is 0 Å². The van der Waals surface area contributed by atoms with Crippen molar-refractivity contribution in [2.75, 3.05) is 18.8 Å². The molecule has 2 aromatic heterocycles. The third kappa shape index (κ3) is 4.76. The molecule has 2 N–H and O–H groups in total. The fourth-order valence-electron chi connectivity index (χ4n) is 3.92. The number of rotatable bonds is 6. The maximum atomic E-state index is 13.3. The summed E-state index contributed by atoms with van der Waals surface area (Å²) in [5, 5.41) is 3.26. The second-order valence-electron chi connectivity index (χ2n) is 7.71. The van der Waals surface area contributed by atoms with Gasteiger partial charge in [-0.15, -0.1) is 11.3 Å². The molecule has 0 radical (unpaired) electrons. The van der Waals surface area contributed by atoms with Gasteiger partial charge in [0.1, 0.15) is 18.2 Å². The Hall–Kier alpha value is -2.97. The zero-order valence-corrected chi connectivity index (χ0v) is 19.3. The van der Waals surface area contributed by atoms with Gasteiger partial charge in [-0.2, -0.15) is 0 Å². The zero-order chi connectivity index (χ0) is 22.7. The molecule has 7 nitrogen and oxygen atoms in total. The van der Waals surface area contributed by atoms with E-state index in [2.05, 4.69) is 9.97 Å². The van der Waals surface area contributed by atoms with Crippen LogP contribution in [0.15, 0.2) is 42.0 Å². The first-order valence-electron chi connectivity index (χ1n) is 10.5. The molecule has 0 bridgehead atoms. The molecule has 32 heavy (non-hydrogen) atoms. The summed E-state index contributed by atoms with van der Waals surface area (Å²) in [4.78, 5) is 38.8. The summed E-state index contributed by atoms with van der Waals surface area (Å²) >= 11 is 7.42. The number of aromatic nitrogens is 2. The fourth-order valence-corrected chi connectivity index (χ4v) is 4.89. The Morgan fingerprint density at radius 3 is 2.91 bits per heavy atom. The maximum absolute atomic E-state index is 13.3. The molecule has 1 aliphatic rings. The van der Waals surface area contributed by atoms with Gasteiger partial charge in [0.2, 0.25) is 11.8 Å². The minimum Gasteiger partial charge on any atom is -0.383 e. The van der Waals surface area contributed by atoms with Crippen molar-refractivity contribution in [3.05, 3.63) is 57.5 Å². The second kappa shape index (κ2) is 9.67. The number of nitrogen functional groups attached to an aromatic ring is 1. The Balaban J connectivity index is 1.48. The van der Waals surface area contributed by atoms with Crippen LogP contribution in [0.3, 0.4) is 0 Å². The van der Waals surface area contributed by atoms with E-state index >= 15 is 0 Å². The van der Waals surface area contributed by atoms with Crippen molar-refractivity contribution in [3.63, 3.8) is 0 Å². The zero-order valence-electron chi connectivity index (χ0n) is 17.7. The molecule has 0 saturated carbocycles. The third-order valence-electron chi connectivity index (χ3n) is 5.51. The molecule has 1 saturated heterocycles. The average Bonchev–Trinajstić information content (AvgIpc) is 3.20. The van der Waals surface area contributed by atoms with Gasteiger partial charge in [-0.25, -0.2) is 9.97 Å². The van der Waals surface area contributed by atoms with Crippen molar-refractivity contribution < 1.29 is 9.59 Å². The predicted octanol–water partition coefficient (Wildman–Crippen LogP) is 3.98. The van der Waals surface area contributed by atoms with Crippen LogP contribution in [0.5, 0.6) is 0 Å². The lowest BCUT2D eigenvalue weighted by atomic mass is 10.0. The summed E-state index contributed by atoms with van der Waals surface area (Å²) in [5.41, 5.74) is 7.62. The summed E-state index contributed by atoms with van der Waals surface area (Å²) in [6, 6.07) is 7.11. The number of nitrogens with two attached hydrogens (primary N) is 1. The van der Waals surface area contributed by atoms with Crippen molar-refractivity contribution in [2.45, 2.75) is 32.4 Å². The highest BCUT2D eigenvalue weighted by Gasteiger charge is 2.36. The van der Waals surface area contributed by atoms with E-state index in [1.165, 1.54) is 23.7 Å². The van der Waals surface area contributed by atoms with Crippen LogP contribution in [0.1, 0.15) is 30.2 Å². The predicted molar refractivity (Wildman–Crippen MR) is 128 cm³/mol. The summed E-state index contributed by atoms with van der Waals surface area (Å²) in [6.45, 7) is 3.46. The van der Waals surface area contributed by atoms with E-state index in [1.54, 1.807) is 11.0 Å². The fraction of sp³-hybridized carbons (Fsp3) is 0.304. The van der Waals surface area contributed by atoms with E-state index in [0.29, 0.717) is 36.9 Å². The van der Waals surface area contributed by atoms with E-state index in [4.69, 9.17) is 17.3 Å². The minimum absolute atomic E-state index is 0.0266. The lowest BCUT2D eigenvalue weighted by molar-refractivity contribution is -0.150. The number of amides is 2. The first-order chi connectivity index (χ1) is 15.5. The highest BCUT2D eigenvalue weighted by atomic mass is 35.5. The standard InChI is InChI=1S/C23H24ClN5O2S/c1-2-3-20-23(31)28(12-15-4-6-18-19(10-15)26-14-27-22(18)25)8-9-29(20)21(30)7-5-17-11-16(24)13-32-17/h4-7,10-11,13-14,20H,2-3,8-9,12H2,1H3,(H2,25,26,27)/t20-/m0/s1. The third-order valence-corrected chi connectivity index (χ3v) is 6.76. The van der Waals surface area contributed by atoms with Crippen molar-refractivity contribution in [1.82, 2.24) is 19.8 Å². The van der Waals surface area contributed by atoms with E-state index in [9.17, 15) is 9.59 Å². The largest absolute Gasteiger partial charge is 0.383 e. The van der Waals surface area contributed by atoms with Crippen LogP contribution in [0.25, 0.3) is 17.0 Å². The first kappa shape index (κ1) is 22.2. The molecule has 3 heterocycles. The summed E-state index contributed by atoms with van der Waals surface area (Å²) in [6.07, 6.45) is 6.15. The summed E-state index contributed by atoms with van der Waals surface area (Å²) < 4.78 is 0. The van der Waals surface area contributed by atoms with E-state index in [-0.39, 0.29) is 11.8 Å². The van der Waals surface area contributed by atoms with Crippen LogP contribution in [0, 0.1) is 0 Å². The number of nitrogens with zero attached hydrogens (tertiary/aromatic N) is 4. The molecule has 166 valence electrons. The summed E-state index contributed by atoms with van der Waals surface area (Å²) in [5.74, 6) is 0.255. The molecule has 4 rings (SSSR count). The number of anilines is 1. The van der Waals surface area contributed by atoms with Crippen molar-refractivity contribution in [2.24, 2.45) is 0 Å². The number of halogens is 1. The molecule has 1 aliphatic heterocycles. The molecular weight excluding hydrogens is 446 g/mol. The van der Waals surface area contributed by atoms with E-state index < -0.39 is 6.04 Å². The Kier molecular flexibility index (Phi) is 6.72. The van der Waals surface area contributed by atoms with E-state index in [1.807, 2.05) is 41.5 Å². The normalized spacial score (nSPS) is 16.9. The van der Waals surface area contributed by atoms with Gasteiger partial charge in [0.25, 0.3) is 0 Å². The molecule has 1 fully saturated rings. The number of carbonyl (C=O) groups is 2. The lowest BCUT2D eigenvalue weighted by Crippen LogP contribution is -2.58. The Morgan fingerprint density at radius 2 is 2.16 bits per heavy atom. The Morgan fingerprint density at radius 1 is 1.31 bits per heavy atom. The minimum atomic E-state index is -0.462. The Bertz CT molecular complexity index is 1180. The van der Waals surface area contributed by atoms with Crippen LogP contribution in [-0.2, 0) is 16.1 Å². The van der Waals surface area contributed by atoms with E-state index in [0.717, 1.165) is 27.8 Å². The number of hydrogen-bond acceptors (Lipinski definition) is 6. The Labute approximate surface area is 195 Å². The molecule has 0 spiro atoms. The molecule has 0 unspecified atom stereocenters. The van der Waals surface area contributed by atoms with Gasteiger partial charge in [0, 0.05) is 41.4 Å². The number of carbonyl (C=O) groups excluding carboxylic acids is 2. The monoisotopic (exact) mass is 469 g/mol. The van der Waals surface area contributed by atoms with Crippen LogP contribution in [0.2, 0.25) is 5.02 Å². The number of fused-ring (bicyclic) bond motifs is 1. The van der Waals surface area contributed by atoms with Crippen LogP contribution in [0.4, 0.5) is 5.82 Å². The van der Waals surface area contributed by atoms with Crippen molar-refractivity contribution >= 4 is 57.5 Å². The number of thiophene rings is 1.